The lowest BCUT2D eigenvalue weighted by Crippen LogP contribution is -2.61. The Morgan fingerprint density at radius 3 is 2.26 bits per heavy atom. The number of nitrogens with zero attached hydrogens (tertiary/aromatic N) is 2. The van der Waals surface area contributed by atoms with Crippen LogP contribution in [0.3, 0.4) is 0 Å². The number of ether oxygens (including phenoxy) is 5. The fourth-order valence-electron chi connectivity index (χ4n) is 11.3. The van der Waals surface area contributed by atoms with Crippen molar-refractivity contribution in [1.82, 2.24) is 9.80 Å². The number of Topliss-reactive ketones (excluding diaryl/α,β-unsaturated/α-hetero) is 2. The van der Waals surface area contributed by atoms with E-state index in [1.165, 1.54) is 4.90 Å². The summed E-state index contributed by atoms with van der Waals surface area (Å²) in [5.74, 6) is -6.73. The number of likely N-dealkylation sites (tertiary alicyclic amines) is 1. The normalized spacial score (nSPS) is 40.3. The van der Waals surface area contributed by atoms with Gasteiger partial charge in [-0.15, -0.1) is 0 Å². The third-order valence-corrected chi connectivity index (χ3v) is 16.1. The lowest BCUT2D eigenvalue weighted by atomic mass is 9.78. The Morgan fingerprint density at radius 2 is 1.58 bits per heavy atom. The van der Waals surface area contributed by atoms with Gasteiger partial charge in [-0.2, -0.15) is 0 Å². The monoisotopic (exact) mass is 967 g/mol. The van der Waals surface area contributed by atoms with E-state index in [-0.39, 0.29) is 67.1 Å². The van der Waals surface area contributed by atoms with E-state index in [9.17, 15) is 34.5 Å². The Hall–Kier alpha value is -3.34. The highest BCUT2D eigenvalue weighted by molar-refractivity contribution is 6.39. The summed E-state index contributed by atoms with van der Waals surface area (Å²) in [5.41, 5.74) is 2.38. The largest absolute Gasteiger partial charge is 0.460 e. The number of amides is 1. The number of piperidine rings is 1. The molecule has 4 heterocycles. The van der Waals surface area contributed by atoms with E-state index < -0.39 is 71.8 Å². The molecule has 1 amide bonds. The molecule has 1 saturated carbocycles. The first-order valence-corrected chi connectivity index (χ1v) is 25.8. The summed E-state index contributed by atoms with van der Waals surface area (Å²) in [7, 11) is 4.83. The van der Waals surface area contributed by atoms with Crippen molar-refractivity contribution in [3.8, 4) is 0 Å². The number of carbonyl (C=O) groups excluding carboxylic acids is 4. The maximum Gasteiger partial charge on any atom is 0.329 e. The van der Waals surface area contributed by atoms with E-state index in [1.54, 1.807) is 48.2 Å². The van der Waals surface area contributed by atoms with Crippen LogP contribution in [0.1, 0.15) is 126 Å². The quantitative estimate of drug-likeness (QED) is 0.137. The minimum atomic E-state index is -2.40. The van der Waals surface area contributed by atoms with Crippen molar-refractivity contribution in [2.24, 2.45) is 35.5 Å². The fraction of sp³-hybridized carbons (Fsp3) is 0.745. The van der Waals surface area contributed by atoms with E-state index in [0.29, 0.717) is 56.9 Å². The van der Waals surface area contributed by atoms with Crippen molar-refractivity contribution in [3.05, 3.63) is 59.8 Å². The van der Waals surface area contributed by atoms with Gasteiger partial charge in [0.15, 0.2) is 0 Å². The van der Waals surface area contributed by atoms with Crippen LogP contribution in [0.4, 0.5) is 0 Å². The van der Waals surface area contributed by atoms with Crippen LogP contribution in [-0.2, 0) is 42.9 Å². The van der Waals surface area contributed by atoms with E-state index >= 15 is 0 Å². The molecule has 15 atom stereocenters. The van der Waals surface area contributed by atoms with E-state index in [1.807, 2.05) is 25.2 Å². The van der Waals surface area contributed by atoms with Gasteiger partial charge in [-0.25, -0.2) is 4.79 Å². The molecule has 69 heavy (non-hydrogen) atoms. The molecule has 2 bridgehead atoms. The molecule has 0 aromatic carbocycles. The standard InChI is InChI=1S/C55H86N2O12/c1-33-17-13-12-14-18-34(2)45(56-31-43(32-56)65-9)29-42-22-20-39(7)55(64,69-42)52(61)53(62)57-24-16-15-19-44(57)54(63)68-48(37(5)27-41-21-23-46(58)49(28-41)66-10)30-47(59)36(4)26-38(6)50(60)51(67-11)40(8)35(3)25-33/h12-14,17-18,26,33,35-37,39,41-46,48-51,58,60,64H,8,15-16,19-25,27-32H2,1-7,9-11H3/b14-12+,17-13+,34-18+,38-26+. The first-order valence-electron chi connectivity index (χ1n) is 25.8. The zero-order valence-electron chi connectivity index (χ0n) is 43.3. The van der Waals surface area contributed by atoms with Crippen molar-refractivity contribution in [3.63, 3.8) is 0 Å². The molecule has 0 aromatic heterocycles. The number of esters is 1. The number of ketones is 2. The van der Waals surface area contributed by atoms with Gasteiger partial charge < -0.3 is 43.9 Å². The summed E-state index contributed by atoms with van der Waals surface area (Å²) in [6.45, 7) is 19.4. The maximum atomic E-state index is 14.5. The van der Waals surface area contributed by atoms with Gasteiger partial charge in [0.1, 0.15) is 30.1 Å². The predicted octanol–water partition coefficient (Wildman–Crippen LogP) is 6.85. The summed E-state index contributed by atoms with van der Waals surface area (Å²) in [6.07, 6.45) is 14.0. The molecule has 3 N–H and O–H groups in total. The van der Waals surface area contributed by atoms with Crippen LogP contribution in [0.25, 0.3) is 0 Å². The molecule has 15 unspecified atom stereocenters. The smallest absolute Gasteiger partial charge is 0.329 e. The average molecular weight is 967 g/mol. The zero-order valence-corrected chi connectivity index (χ0v) is 43.3. The second kappa shape index (κ2) is 25.9. The number of allylic oxidation sites excluding steroid dienone is 6. The molecular formula is C55H86N2O12. The number of fused-ring (bicyclic) bond motifs is 3. The fourth-order valence-corrected chi connectivity index (χ4v) is 11.3. The summed E-state index contributed by atoms with van der Waals surface area (Å²) >= 11 is 0. The molecule has 5 rings (SSSR count). The molecule has 5 aliphatic rings. The first-order chi connectivity index (χ1) is 32.7. The highest BCUT2D eigenvalue weighted by atomic mass is 16.6. The number of rotatable bonds is 7. The topological polar surface area (TPSA) is 182 Å². The van der Waals surface area contributed by atoms with Gasteiger partial charge in [0.05, 0.1) is 24.4 Å². The molecule has 14 heteroatoms. The van der Waals surface area contributed by atoms with Crippen LogP contribution in [0, 0.1) is 35.5 Å². The Morgan fingerprint density at radius 1 is 0.855 bits per heavy atom. The SMILES string of the molecule is C=C1C(C)CC(C)/C=C/C=C/C=C(\C)C(N2CC(OC)C2)CC2CCC(C)C(O)(O2)C(=O)C(=O)N2CCCCC2C(=O)OC(C(C)CC2CCC(O)C(OC)C2)CC(=O)C(C)/C=C(\C)C(O)C1OC. The highest BCUT2D eigenvalue weighted by Gasteiger charge is 2.53. The van der Waals surface area contributed by atoms with Gasteiger partial charge >= 0.3 is 5.97 Å². The minimum Gasteiger partial charge on any atom is -0.460 e. The first kappa shape index (κ1) is 56.6. The second-order valence-corrected chi connectivity index (χ2v) is 21.4. The maximum absolute atomic E-state index is 14.5. The van der Waals surface area contributed by atoms with Crippen LogP contribution < -0.4 is 0 Å². The number of aliphatic hydroxyl groups is 3. The second-order valence-electron chi connectivity index (χ2n) is 21.4. The van der Waals surface area contributed by atoms with Crippen molar-refractivity contribution in [1.29, 1.82) is 0 Å². The highest BCUT2D eigenvalue weighted by Crippen LogP contribution is 2.39. The van der Waals surface area contributed by atoms with E-state index in [2.05, 4.69) is 44.4 Å². The third-order valence-electron chi connectivity index (χ3n) is 16.1. The van der Waals surface area contributed by atoms with Crippen molar-refractivity contribution < 1.29 is 58.2 Å². The van der Waals surface area contributed by atoms with Gasteiger partial charge in [-0.1, -0.05) is 83.2 Å². The Kier molecular flexibility index (Phi) is 21.2. The Labute approximate surface area is 412 Å². The molecule has 4 aliphatic heterocycles. The lowest BCUT2D eigenvalue weighted by Gasteiger charge is -2.47. The Bertz CT molecular complexity index is 1890. The van der Waals surface area contributed by atoms with Crippen LogP contribution in [0.5, 0.6) is 0 Å². The average Bonchev–Trinajstić information content (AvgIpc) is 3.31. The molecule has 4 fully saturated rings. The van der Waals surface area contributed by atoms with Gasteiger partial charge in [0.25, 0.3) is 11.7 Å². The molecule has 0 radical (unpaired) electrons. The number of hydrogen-bond donors (Lipinski definition) is 3. The Balaban J connectivity index is 1.48. The van der Waals surface area contributed by atoms with Crippen LogP contribution in [0.15, 0.2) is 59.8 Å². The van der Waals surface area contributed by atoms with Gasteiger partial charge in [0, 0.05) is 65.3 Å². The van der Waals surface area contributed by atoms with Crippen LogP contribution >= 0.6 is 0 Å². The number of carbonyl (C=O) groups is 4. The van der Waals surface area contributed by atoms with Crippen molar-refractivity contribution >= 4 is 23.4 Å². The summed E-state index contributed by atoms with van der Waals surface area (Å²) in [4.78, 5) is 61.1. The lowest BCUT2D eigenvalue weighted by molar-refractivity contribution is -0.265. The summed E-state index contributed by atoms with van der Waals surface area (Å²) < 4.78 is 29.8. The molecular weight excluding hydrogens is 881 g/mol. The van der Waals surface area contributed by atoms with E-state index in [0.717, 1.165) is 37.1 Å². The van der Waals surface area contributed by atoms with Gasteiger partial charge in [0.2, 0.25) is 5.79 Å². The number of hydrogen-bond acceptors (Lipinski definition) is 13. The summed E-state index contributed by atoms with van der Waals surface area (Å²) in [5, 5.41) is 34.3. The zero-order chi connectivity index (χ0) is 50.7. The molecule has 388 valence electrons. The molecule has 14 nitrogen and oxygen atoms in total. The molecule has 0 aromatic rings. The molecule has 1 aliphatic carbocycles. The van der Waals surface area contributed by atoms with Crippen molar-refractivity contribution in [2.45, 2.75) is 186 Å². The van der Waals surface area contributed by atoms with Crippen molar-refractivity contribution in [2.75, 3.05) is 41.0 Å². The molecule has 0 spiro atoms. The minimum absolute atomic E-state index is 0.00308. The van der Waals surface area contributed by atoms with Gasteiger partial charge in [-0.05, 0) is 119 Å². The number of methoxy groups -OCH3 is 3. The van der Waals surface area contributed by atoms with Gasteiger partial charge in [-0.3, -0.25) is 19.3 Å². The van der Waals surface area contributed by atoms with E-state index in [4.69, 9.17) is 23.7 Å². The van der Waals surface area contributed by atoms with Crippen LogP contribution in [-0.4, -0.2) is 150 Å². The molecule has 3 saturated heterocycles. The number of aliphatic hydroxyl groups excluding tert-OH is 2. The summed E-state index contributed by atoms with van der Waals surface area (Å²) in [6, 6.07) is -1.20. The predicted molar refractivity (Wildman–Crippen MR) is 265 cm³/mol. The van der Waals surface area contributed by atoms with Crippen LogP contribution in [0.2, 0.25) is 0 Å². The third kappa shape index (κ3) is 14.4. The number of cyclic esters (lactones) is 1.